The number of aromatic nitrogens is 2. The highest BCUT2D eigenvalue weighted by atomic mass is 16.3. The molecule has 2 fully saturated rings. The van der Waals surface area contributed by atoms with Gasteiger partial charge in [-0.25, -0.2) is 4.79 Å². The molecule has 0 atom stereocenters. The molecule has 26 heavy (non-hydrogen) atoms. The minimum absolute atomic E-state index is 0.00639. The Morgan fingerprint density at radius 1 is 1.15 bits per heavy atom. The highest BCUT2D eigenvalue weighted by Crippen LogP contribution is 2.41. The van der Waals surface area contributed by atoms with Gasteiger partial charge >= 0.3 is 6.03 Å². The lowest BCUT2D eigenvalue weighted by atomic mass is 9.72. The van der Waals surface area contributed by atoms with Gasteiger partial charge in [0.05, 0.1) is 12.8 Å². The summed E-state index contributed by atoms with van der Waals surface area (Å²) < 4.78 is 1.45. The second-order valence-corrected chi connectivity index (χ2v) is 7.85. The van der Waals surface area contributed by atoms with Crippen LogP contribution in [0.25, 0.3) is 0 Å². The molecule has 1 N–H and O–H groups in total. The zero-order valence-electron chi connectivity index (χ0n) is 15.3. The number of hydrogen-bond acceptors (Lipinski definition) is 4. The fourth-order valence-corrected chi connectivity index (χ4v) is 4.17. The Balaban J connectivity index is 1.27. The highest BCUT2D eigenvalue weighted by Gasteiger charge is 2.45. The summed E-state index contributed by atoms with van der Waals surface area (Å²) in [7, 11) is 0. The van der Waals surface area contributed by atoms with E-state index in [-0.39, 0.29) is 12.6 Å². The van der Waals surface area contributed by atoms with Gasteiger partial charge in [0, 0.05) is 38.9 Å². The van der Waals surface area contributed by atoms with Crippen LogP contribution in [0, 0.1) is 12.3 Å². The first kappa shape index (κ1) is 17.2. The van der Waals surface area contributed by atoms with Gasteiger partial charge in [-0.2, -0.15) is 9.78 Å². The van der Waals surface area contributed by atoms with Gasteiger partial charge in [0.1, 0.15) is 0 Å². The number of nitrogens with zero attached hydrogens (tertiary/aromatic N) is 4. The van der Waals surface area contributed by atoms with Crippen LogP contribution in [-0.4, -0.2) is 56.9 Å². The standard InChI is InChI=1S/C20H26N4O2/c1-16-10-21-24(11-16)19(26)23-8-6-20(7-9-23)14-22(15-20)12-17-2-4-18(13-25)5-3-17/h2-5,10-11,25H,6-9,12-15H2,1H3. The first-order chi connectivity index (χ1) is 12.6. The van der Waals surface area contributed by atoms with Crippen LogP contribution in [0.15, 0.2) is 36.7 Å². The zero-order chi connectivity index (χ0) is 18.1. The molecule has 0 aliphatic carbocycles. The van der Waals surface area contributed by atoms with E-state index in [0.29, 0.717) is 5.41 Å². The monoisotopic (exact) mass is 354 g/mol. The molecule has 4 rings (SSSR count). The van der Waals surface area contributed by atoms with E-state index in [1.807, 2.05) is 24.0 Å². The van der Waals surface area contributed by atoms with Gasteiger partial charge in [-0.05, 0) is 41.9 Å². The Kier molecular flexibility index (Phi) is 4.54. The van der Waals surface area contributed by atoms with E-state index in [0.717, 1.165) is 56.7 Å². The number of hydrogen-bond donors (Lipinski definition) is 1. The first-order valence-electron chi connectivity index (χ1n) is 9.29. The Hall–Kier alpha value is -2.18. The van der Waals surface area contributed by atoms with E-state index in [2.05, 4.69) is 22.1 Å². The molecular formula is C20H26N4O2. The third-order valence-electron chi connectivity index (χ3n) is 5.73. The molecule has 1 spiro atoms. The Morgan fingerprint density at radius 2 is 1.81 bits per heavy atom. The molecule has 1 aromatic carbocycles. The minimum atomic E-state index is -0.00639. The summed E-state index contributed by atoms with van der Waals surface area (Å²) in [4.78, 5) is 16.9. The molecule has 1 amide bonds. The van der Waals surface area contributed by atoms with Crippen molar-refractivity contribution in [1.82, 2.24) is 19.6 Å². The van der Waals surface area contributed by atoms with E-state index in [9.17, 15) is 4.79 Å². The van der Waals surface area contributed by atoms with Crippen LogP contribution < -0.4 is 0 Å². The van der Waals surface area contributed by atoms with Crippen molar-refractivity contribution in [2.24, 2.45) is 5.41 Å². The average molecular weight is 354 g/mol. The van der Waals surface area contributed by atoms with Crippen molar-refractivity contribution in [2.75, 3.05) is 26.2 Å². The van der Waals surface area contributed by atoms with Crippen LogP contribution in [0.2, 0.25) is 0 Å². The molecule has 0 saturated carbocycles. The number of carbonyl (C=O) groups excluding carboxylic acids is 1. The number of rotatable bonds is 3. The Morgan fingerprint density at radius 3 is 2.38 bits per heavy atom. The topological polar surface area (TPSA) is 61.6 Å². The average Bonchev–Trinajstić information content (AvgIpc) is 3.07. The summed E-state index contributed by atoms with van der Waals surface area (Å²) in [5.74, 6) is 0. The molecule has 0 unspecified atom stereocenters. The molecule has 0 radical (unpaired) electrons. The third-order valence-corrected chi connectivity index (χ3v) is 5.73. The number of likely N-dealkylation sites (tertiary alicyclic amines) is 2. The van der Waals surface area contributed by atoms with Crippen molar-refractivity contribution in [1.29, 1.82) is 0 Å². The lowest BCUT2D eigenvalue weighted by Gasteiger charge is -2.54. The molecule has 2 saturated heterocycles. The number of aryl methyl sites for hydroxylation is 1. The molecule has 2 aliphatic heterocycles. The van der Waals surface area contributed by atoms with Crippen molar-refractivity contribution in [3.63, 3.8) is 0 Å². The van der Waals surface area contributed by atoms with E-state index >= 15 is 0 Å². The maximum Gasteiger partial charge on any atom is 0.344 e. The van der Waals surface area contributed by atoms with E-state index in [4.69, 9.17) is 5.11 Å². The molecule has 2 aromatic rings. The molecule has 0 bridgehead atoms. The normalized spacial score (nSPS) is 19.5. The van der Waals surface area contributed by atoms with Crippen LogP contribution in [0.1, 0.15) is 29.5 Å². The molecule has 3 heterocycles. The van der Waals surface area contributed by atoms with E-state index in [1.54, 1.807) is 12.4 Å². The van der Waals surface area contributed by atoms with Crippen LogP contribution in [0.5, 0.6) is 0 Å². The molecular weight excluding hydrogens is 328 g/mol. The number of aliphatic hydroxyl groups excluding tert-OH is 1. The lowest BCUT2D eigenvalue weighted by molar-refractivity contribution is -0.0443. The Bertz CT molecular complexity index is 767. The van der Waals surface area contributed by atoms with E-state index in [1.165, 1.54) is 10.2 Å². The van der Waals surface area contributed by atoms with Crippen molar-refractivity contribution >= 4 is 6.03 Å². The fourth-order valence-electron chi connectivity index (χ4n) is 4.17. The van der Waals surface area contributed by atoms with E-state index < -0.39 is 0 Å². The van der Waals surface area contributed by atoms with Crippen LogP contribution >= 0.6 is 0 Å². The molecule has 6 nitrogen and oxygen atoms in total. The predicted octanol–water partition coefficient (Wildman–Crippen LogP) is 2.25. The number of amides is 1. The fraction of sp³-hybridized carbons (Fsp3) is 0.500. The van der Waals surface area contributed by atoms with Crippen LogP contribution in [-0.2, 0) is 13.2 Å². The summed E-state index contributed by atoms with van der Waals surface area (Å²) in [6.45, 7) is 6.86. The van der Waals surface area contributed by atoms with Crippen molar-refractivity contribution in [2.45, 2.75) is 32.9 Å². The summed E-state index contributed by atoms with van der Waals surface area (Å²) in [5.41, 5.74) is 3.63. The number of piperidine rings is 1. The van der Waals surface area contributed by atoms with Crippen molar-refractivity contribution < 1.29 is 9.90 Å². The Labute approximate surface area is 154 Å². The SMILES string of the molecule is Cc1cnn(C(=O)N2CCC3(CC2)CN(Cc2ccc(CO)cc2)C3)c1. The predicted molar refractivity (Wildman–Crippen MR) is 98.6 cm³/mol. The lowest BCUT2D eigenvalue weighted by Crippen LogP contribution is -2.60. The van der Waals surface area contributed by atoms with Crippen molar-refractivity contribution in [3.05, 3.63) is 53.3 Å². The number of aliphatic hydroxyl groups is 1. The molecule has 138 valence electrons. The molecule has 6 heteroatoms. The quantitative estimate of drug-likeness (QED) is 0.918. The first-order valence-corrected chi connectivity index (χ1v) is 9.29. The van der Waals surface area contributed by atoms with Gasteiger partial charge in [-0.15, -0.1) is 0 Å². The largest absolute Gasteiger partial charge is 0.392 e. The molecule has 1 aromatic heterocycles. The maximum atomic E-state index is 12.5. The van der Waals surface area contributed by atoms with Crippen LogP contribution in [0.4, 0.5) is 4.79 Å². The smallest absolute Gasteiger partial charge is 0.344 e. The number of carbonyl (C=O) groups is 1. The highest BCUT2D eigenvalue weighted by molar-refractivity contribution is 5.76. The van der Waals surface area contributed by atoms with Crippen molar-refractivity contribution in [3.8, 4) is 0 Å². The minimum Gasteiger partial charge on any atom is -0.392 e. The summed E-state index contributed by atoms with van der Waals surface area (Å²) in [6.07, 6.45) is 5.65. The zero-order valence-corrected chi connectivity index (χ0v) is 15.3. The van der Waals surface area contributed by atoms with Gasteiger partial charge in [-0.3, -0.25) is 4.90 Å². The van der Waals surface area contributed by atoms with Gasteiger partial charge in [-0.1, -0.05) is 24.3 Å². The van der Waals surface area contributed by atoms with Gasteiger partial charge < -0.3 is 10.0 Å². The summed E-state index contributed by atoms with van der Waals surface area (Å²) in [6, 6.07) is 8.18. The third kappa shape index (κ3) is 3.39. The second-order valence-electron chi connectivity index (χ2n) is 7.85. The summed E-state index contributed by atoms with van der Waals surface area (Å²) in [5, 5.41) is 13.3. The maximum absolute atomic E-state index is 12.5. The van der Waals surface area contributed by atoms with Crippen LogP contribution in [0.3, 0.4) is 0 Å². The summed E-state index contributed by atoms with van der Waals surface area (Å²) >= 11 is 0. The van der Waals surface area contributed by atoms with Gasteiger partial charge in [0.15, 0.2) is 0 Å². The second kappa shape index (κ2) is 6.85. The van der Waals surface area contributed by atoms with Gasteiger partial charge in [0.2, 0.25) is 0 Å². The molecule has 2 aliphatic rings. The number of benzene rings is 1. The van der Waals surface area contributed by atoms with Gasteiger partial charge in [0.25, 0.3) is 0 Å².